The van der Waals surface area contributed by atoms with Crippen LogP contribution in [0.5, 0.6) is 0 Å². The Morgan fingerprint density at radius 3 is 2.43 bits per heavy atom. The standard InChI is InChI=1S/C15H26N2O2S2/c1-13(2)16-11-14-10-15(20-12-14)21(18,19)17-8-6-4-3-5-7-9-17/h10,12-13,16H,3-9,11H2,1-2H3. The SMILES string of the molecule is CC(C)NCc1csc(S(=O)(=O)N2CCCCCCC2)c1. The minimum atomic E-state index is -3.30. The van der Waals surface area contributed by atoms with Crippen molar-refractivity contribution in [3.63, 3.8) is 0 Å². The van der Waals surface area contributed by atoms with Crippen molar-refractivity contribution in [1.29, 1.82) is 0 Å². The number of rotatable bonds is 5. The van der Waals surface area contributed by atoms with Gasteiger partial charge in [-0.1, -0.05) is 33.1 Å². The molecule has 0 atom stereocenters. The van der Waals surface area contributed by atoms with Crippen molar-refractivity contribution in [1.82, 2.24) is 9.62 Å². The Bertz CT molecular complexity index is 530. The summed E-state index contributed by atoms with van der Waals surface area (Å²) in [5.41, 5.74) is 1.05. The lowest BCUT2D eigenvalue weighted by Gasteiger charge is -2.23. The topological polar surface area (TPSA) is 49.4 Å². The molecule has 0 unspecified atom stereocenters. The molecule has 2 heterocycles. The molecule has 120 valence electrons. The Morgan fingerprint density at radius 2 is 1.81 bits per heavy atom. The molecule has 21 heavy (non-hydrogen) atoms. The van der Waals surface area contributed by atoms with Gasteiger partial charge in [-0.05, 0) is 29.9 Å². The average molecular weight is 331 g/mol. The largest absolute Gasteiger partial charge is 0.310 e. The van der Waals surface area contributed by atoms with Gasteiger partial charge < -0.3 is 5.32 Å². The first kappa shape index (κ1) is 16.9. The summed E-state index contributed by atoms with van der Waals surface area (Å²) in [5.74, 6) is 0. The number of nitrogens with zero attached hydrogens (tertiary/aromatic N) is 1. The van der Waals surface area contributed by atoms with Crippen molar-refractivity contribution in [2.45, 2.75) is 62.7 Å². The molecule has 0 aromatic carbocycles. The summed E-state index contributed by atoms with van der Waals surface area (Å²) in [7, 11) is -3.30. The fourth-order valence-electron chi connectivity index (χ4n) is 2.49. The zero-order chi connectivity index (χ0) is 15.3. The molecule has 4 nitrogen and oxygen atoms in total. The third-order valence-corrected chi connectivity index (χ3v) is 7.12. The van der Waals surface area contributed by atoms with Gasteiger partial charge in [0.2, 0.25) is 0 Å². The minimum absolute atomic E-state index is 0.402. The molecular weight excluding hydrogens is 304 g/mol. The van der Waals surface area contributed by atoms with E-state index in [0.29, 0.717) is 23.3 Å². The summed E-state index contributed by atoms with van der Waals surface area (Å²) in [6.45, 7) is 6.23. The Labute approximate surface area is 132 Å². The molecule has 0 bridgehead atoms. The van der Waals surface area contributed by atoms with Crippen molar-refractivity contribution >= 4 is 21.4 Å². The fourth-order valence-corrected chi connectivity index (χ4v) is 5.37. The van der Waals surface area contributed by atoms with E-state index in [9.17, 15) is 8.42 Å². The normalized spacial score (nSPS) is 18.6. The highest BCUT2D eigenvalue weighted by Gasteiger charge is 2.26. The summed E-state index contributed by atoms with van der Waals surface area (Å²) in [6, 6.07) is 2.23. The molecule has 0 radical (unpaired) electrons. The lowest BCUT2D eigenvalue weighted by molar-refractivity contribution is 0.365. The number of hydrogen-bond acceptors (Lipinski definition) is 4. The van der Waals surface area contributed by atoms with Crippen LogP contribution in [0.2, 0.25) is 0 Å². The van der Waals surface area contributed by atoms with Gasteiger partial charge in [-0.2, -0.15) is 4.31 Å². The Balaban J connectivity index is 2.07. The molecule has 1 aliphatic heterocycles. The van der Waals surface area contributed by atoms with Crippen LogP contribution in [0.4, 0.5) is 0 Å². The van der Waals surface area contributed by atoms with Gasteiger partial charge in [-0.25, -0.2) is 8.42 Å². The van der Waals surface area contributed by atoms with Crippen molar-refractivity contribution in [2.24, 2.45) is 0 Å². The van der Waals surface area contributed by atoms with Crippen molar-refractivity contribution < 1.29 is 8.42 Å². The average Bonchev–Trinajstić information content (AvgIpc) is 2.84. The molecule has 0 aliphatic carbocycles. The van der Waals surface area contributed by atoms with Gasteiger partial charge in [0.15, 0.2) is 0 Å². The molecule has 1 fully saturated rings. The second-order valence-corrected chi connectivity index (χ2v) is 9.06. The third-order valence-electron chi connectivity index (χ3n) is 3.75. The summed E-state index contributed by atoms with van der Waals surface area (Å²) < 4.78 is 27.6. The minimum Gasteiger partial charge on any atom is -0.310 e. The highest BCUT2D eigenvalue weighted by molar-refractivity contribution is 7.91. The van der Waals surface area contributed by atoms with Gasteiger partial charge >= 0.3 is 0 Å². The fraction of sp³-hybridized carbons (Fsp3) is 0.733. The van der Waals surface area contributed by atoms with Crippen LogP contribution in [0, 0.1) is 0 Å². The zero-order valence-corrected chi connectivity index (χ0v) is 14.6. The quantitative estimate of drug-likeness (QED) is 0.902. The van der Waals surface area contributed by atoms with Crippen LogP contribution in [0.3, 0.4) is 0 Å². The highest BCUT2D eigenvalue weighted by atomic mass is 32.2. The van der Waals surface area contributed by atoms with Crippen molar-refractivity contribution in [3.8, 4) is 0 Å². The maximum atomic E-state index is 12.7. The predicted molar refractivity (Wildman–Crippen MR) is 88.1 cm³/mol. The van der Waals surface area contributed by atoms with E-state index in [4.69, 9.17) is 0 Å². The number of sulfonamides is 1. The molecule has 0 saturated carbocycles. The van der Waals surface area contributed by atoms with E-state index in [1.165, 1.54) is 17.8 Å². The van der Waals surface area contributed by atoms with Crippen LogP contribution in [0.25, 0.3) is 0 Å². The lowest BCUT2D eigenvalue weighted by atomic mass is 10.1. The highest BCUT2D eigenvalue weighted by Crippen LogP contribution is 2.25. The van der Waals surface area contributed by atoms with E-state index >= 15 is 0 Å². The van der Waals surface area contributed by atoms with Gasteiger partial charge in [-0.15, -0.1) is 11.3 Å². The van der Waals surface area contributed by atoms with Crippen LogP contribution < -0.4 is 5.32 Å². The van der Waals surface area contributed by atoms with Gasteiger partial charge in [0.1, 0.15) is 4.21 Å². The Kier molecular flexibility index (Phi) is 6.22. The summed E-state index contributed by atoms with van der Waals surface area (Å²) in [6.07, 6.45) is 5.47. The molecule has 1 N–H and O–H groups in total. The molecule has 1 aromatic heterocycles. The smallest absolute Gasteiger partial charge is 0.252 e. The maximum absolute atomic E-state index is 12.7. The molecule has 0 spiro atoms. The van der Waals surface area contributed by atoms with E-state index in [2.05, 4.69) is 19.2 Å². The number of thiophene rings is 1. The van der Waals surface area contributed by atoms with Crippen LogP contribution in [-0.4, -0.2) is 31.9 Å². The molecular formula is C15H26N2O2S2. The second kappa shape index (κ2) is 7.72. The second-order valence-electron chi connectivity index (χ2n) is 5.98. The molecule has 1 aliphatic rings. The Hall–Kier alpha value is -0.430. The summed E-state index contributed by atoms with van der Waals surface area (Å²) >= 11 is 1.34. The first-order valence-electron chi connectivity index (χ1n) is 7.81. The van der Waals surface area contributed by atoms with Crippen LogP contribution in [0.15, 0.2) is 15.7 Å². The molecule has 1 aromatic rings. The van der Waals surface area contributed by atoms with Gasteiger partial charge in [0.05, 0.1) is 0 Å². The van der Waals surface area contributed by atoms with Crippen LogP contribution in [-0.2, 0) is 16.6 Å². The van der Waals surface area contributed by atoms with E-state index in [1.54, 1.807) is 4.31 Å². The first-order chi connectivity index (χ1) is 10.00. The predicted octanol–water partition coefficient (Wildman–Crippen LogP) is 3.20. The van der Waals surface area contributed by atoms with Crippen molar-refractivity contribution in [3.05, 3.63) is 17.0 Å². The van der Waals surface area contributed by atoms with E-state index in [-0.39, 0.29) is 0 Å². The van der Waals surface area contributed by atoms with Crippen LogP contribution in [0.1, 0.15) is 51.5 Å². The molecule has 6 heteroatoms. The third kappa shape index (κ3) is 4.77. The molecule has 1 saturated heterocycles. The molecule has 0 amide bonds. The first-order valence-corrected chi connectivity index (χ1v) is 10.1. The lowest BCUT2D eigenvalue weighted by Crippen LogP contribution is -2.33. The monoisotopic (exact) mass is 330 g/mol. The Morgan fingerprint density at radius 1 is 1.19 bits per heavy atom. The maximum Gasteiger partial charge on any atom is 0.252 e. The summed E-state index contributed by atoms with van der Waals surface area (Å²) in [5, 5.41) is 5.27. The van der Waals surface area contributed by atoms with Gasteiger partial charge in [0, 0.05) is 25.7 Å². The van der Waals surface area contributed by atoms with E-state index in [1.807, 2.05) is 11.4 Å². The van der Waals surface area contributed by atoms with E-state index < -0.39 is 10.0 Å². The van der Waals surface area contributed by atoms with E-state index in [0.717, 1.165) is 37.8 Å². The number of hydrogen-bond donors (Lipinski definition) is 1. The summed E-state index contributed by atoms with van der Waals surface area (Å²) in [4.78, 5) is 0. The van der Waals surface area contributed by atoms with Crippen LogP contribution >= 0.6 is 11.3 Å². The van der Waals surface area contributed by atoms with Gasteiger partial charge in [0.25, 0.3) is 10.0 Å². The van der Waals surface area contributed by atoms with Crippen molar-refractivity contribution in [2.75, 3.05) is 13.1 Å². The van der Waals surface area contributed by atoms with Gasteiger partial charge in [-0.3, -0.25) is 0 Å². The molecule has 2 rings (SSSR count). The number of nitrogens with one attached hydrogen (secondary N) is 1. The zero-order valence-electron chi connectivity index (χ0n) is 13.0.